The number of rotatable bonds is 6. The number of ether oxygens (including phenoxy) is 1. The van der Waals surface area contributed by atoms with E-state index in [9.17, 15) is 23.2 Å². The number of fused-ring (bicyclic) bond motifs is 4. The van der Waals surface area contributed by atoms with E-state index < -0.39 is 40.2 Å². The molecule has 2 unspecified atom stereocenters. The maximum Gasteiger partial charge on any atom is 0.418 e. The SMILES string of the molecule is Cn1ncc2c1C(C(=NCc1nc(NC(=O)OC(C)(C)C)cs1)NO)N1CC2N(OS(=O)(=O)O)C1=O. The minimum absolute atomic E-state index is 0.0143. The van der Waals surface area contributed by atoms with E-state index in [-0.39, 0.29) is 24.7 Å². The van der Waals surface area contributed by atoms with Gasteiger partial charge in [-0.2, -0.15) is 18.6 Å². The molecule has 0 aliphatic carbocycles. The number of anilines is 1. The number of carbonyl (C=O) groups excluding carboxylic acids is 2. The molecule has 0 aromatic carbocycles. The van der Waals surface area contributed by atoms with Crippen LogP contribution in [-0.2, 0) is 33.0 Å². The van der Waals surface area contributed by atoms with Crippen molar-refractivity contribution in [2.45, 2.75) is 45.0 Å². The largest absolute Gasteiger partial charge is 0.444 e. The van der Waals surface area contributed by atoms with Crippen molar-refractivity contribution >= 4 is 45.5 Å². The van der Waals surface area contributed by atoms with Gasteiger partial charge in [0, 0.05) is 18.0 Å². The monoisotopic (exact) mass is 544 g/mol. The van der Waals surface area contributed by atoms with Gasteiger partial charge in [0.05, 0.1) is 25.0 Å². The van der Waals surface area contributed by atoms with E-state index in [0.717, 1.165) is 0 Å². The van der Waals surface area contributed by atoms with E-state index in [1.165, 1.54) is 27.1 Å². The van der Waals surface area contributed by atoms with Crippen LogP contribution in [0.1, 0.15) is 49.1 Å². The van der Waals surface area contributed by atoms with Gasteiger partial charge in [-0.05, 0) is 20.8 Å². The number of hydrogen-bond acceptors (Lipinski definition) is 11. The molecule has 196 valence electrons. The molecule has 0 radical (unpaired) electrons. The van der Waals surface area contributed by atoms with Gasteiger partial charge in [0.1, 0.15) is 28.5 Å². The second-order valence-electron chi connectivity index (χ2n) is 8.86. The zero-order chi connectivity index (χ0) is 26.4. The number of amidine groups is 1. The lowest BCUT2D eigenvalue weighted by Crippen LogP contribution is -2.43. The van der Waals surface area contributed by atoms with Gasteiger partial charge in [-0.25, -0.2) is 14.6 Å². The van der Waals surface area contributed by atoms with Crippen LogP contribution in [0.25, 0.3) is 0 Å². The van der Waals surface area contributed by atoms with Gasteiger partial charge in [0.15, 0.2) is 5.84 Å². The van der Waals surface area contributed by atoms with Crippen LogP contribution < -0.4 is 10.8 Å². The van der Waals surface area contributed by atoms with E-state index in [1.54, 1.807) is 33.2 Å². The molecule has 2 aliphatic rings. The lowest BCUT2D eigenvalue weighted by atomic mass is 9.97. The Morgan fingerprint density at radius 1 is 1.39 bits per heavy atom. The van der Waals surface area contributed by atoms with Gasteiger partial charge < -0.3 is 9.64 Å². The molecule has 2 bridgehead atoms. The van der Waals surface area contributed by atoms with Crippen LogP contribution in [0.4, 0.5) is 15.4 Å². The highest BCUT2D eigenvalue weighted by molar-refractivity contribution is 7.80. The van der Waals surface area contributed by atoms with Gasteiger partial charge in [-0.3, -0.25) is 30.2 Å². The lowest BCUT2D eigenvalue weighted by Gasteiger charge is -2.31. The molecule has 4 heterocycles. The zero-order valence-electron chi connectivity index (χ0n) is 19.6. The minimum Gasteiger partial charge on any atom is -0.444 e. The first-order chi connectivity index (χ1) is 16.8. The highest BCUT2D eigenvalue weighted by atomic mass is 32.3. The predicted octanol–water partition coefficient (Wildman–Crippen LogP) is 1.37. The molecule has 0 spiro atoms. The van der Waals surface area contributed by atoms with Gasteiger partial charge in [-0.1, -0.05) is 0 Å². The molecule has 0 saturated carbocycles. The molecular formula is C18H24N8O8S2. The molecular weight excluding hydrogens is 520 g/mol. The molecule has 4 N–H and O–H groups in total. The number of nitrogens with zero attached hydrogens (tertiary/aromatic N) is 6. The van der Waals surface area contributed by atoms with Crippen LogP contribution in [-0.4, -0.2) is 73.0 Å². The van der Waals surface area contributed by atoms with Gasteiger partial charge in [0.25, 0.3) is 0 Å². The number of aromatic nitrogens is 3. The summed E-state index contributed by atoms with van der Waals surface area (Å²) in [5.41, 5.74) is 2.24. The van der Waals surface area contributed by atoms with Gasteiger partial charge >= 0.3 is 22.5 Å². The number of urea groups is 1. The third-order valence-electron chi connectivity index (χ3n) is 5.14. The van der Waals surface area contributed by atoms with E-state index >= 15 is 0 Å². The van der Waals surface area contributed by atoms with Crippen LogP contribution >= 0.6 is 11.3 Å². The van der Waals surface area contributed by atoms with E-state index in [2.05, 4.69) is 24.7 Å². The second kappa shape index (κ2) is 9.28. The summed E-state index contributed by atoms with van der Waals surface area (Å²) in [6, 6.07) is -2.70. The van der Waals surface area contributed by atoms with Crippen LogP contribution in [0, 0.1) is 0 Å². The Hall–Kier alpha value is -3.32. The number of thiazole rings is 1. The number of amides is 3. The number of hydroxylamine groups is 3. The van der Waals surface area contributed by atoms with Crippen molar-refractivity contribution in [2.75, 3.05) is 11.9 Å². The molecule has 2 aromatic rings. The smallest absolute Gasteiger partial charge is 0.418 e. The molecule has 2 aliphatic heterocycles. The standard InChI is InChI=1S/C18H24N8O8S2/c1-18(2,3)33-16(27)22-11-8-35-12(21-11)6-19-15(23-29)14-13-9(5-20-24(13)4)10-7-25(14)17(28)26(10)34-36(30,31)32/h5,8,10,14,29H,6-7H2,1-4H3,(H,19,23)(H,22,27)(H,30,31,32). The van der Waals surface area contributed by atoms with Crippen molar-refractivity contribution in [3.8, 4) is 0 Å². The molecule has 18 heteroatoms. The molecule has 4 rings (SSSR count). The van der Waals surface area contributed by atoms with Crippen LogP contribution in [0.2, 0.25) is 0 Å². The van der Waals surface area contributed by atoms with Gasteiger partial charge in [-0.15, -0.1) is 15.6 Å². The first-order valence-corrected chi connectivity index (χ1v) is 12.7. The highest BCUT2D eigenvalue weighted by Gasteiger charge is 2.53. The topological polar surface area (TPSA) is 201 Å². The Bertz CT molecular complexity index is 1310. The number of hydrogen-bond donors (Lipinski definition) is 4. The number of aryl methyl sites for hydroxylation is 1. The Balaban J connectivity index is 1.57. The fourth-order valence-corrected chi connectivity index (χ4v) is 4.91. The molecule has 2 aromatic heterocycles. The van der Waals surface area contributed by atoms with Gasteiger partial charge in [0.2, 0.25) is 0 Å². The van der Waals surface area contributed by atoms with E-state index in [1.807, 2.05) is 5.48 Å². The fraction of sp³-hybridized carbons (Fsp3) is 0.500. The lowest BCUT2D eigenvalue weighted by molar-refractivity contribution is -0.0316. The summed E-state index contributed by atoms with van der Waals surface area (Å²) in [4.78, 5) is 34.7. The van der Waals surface area contributed by atoms with Crippen LogP contribution in [0.15, 0.2) is 16.6 Å². The summed E-state index contributed by atoms with van der Waals surface area (Å²) in [5, 5.41) is 19.2. The molecule has 36 heavy (non-hydrogen) atoms. The summed E-state index contributed by atoms with van der Waals surface area (Å²) < 4.78 is 42.8. The quantitative estimate of drug-likeness (QED) is 0.177. The Morgan fingerprint density at radius 3 is 2.75 bits per heavy atom. The highest BCUT2D eigenvalue weighted by Crippen LogP contribution is 2.44. The van der Waals surface area contributed by atoms with Crippen molar-refractivity contribution < 1.29 is 36.8 Å². The summed E-state index contributed by atoms with van der Waals surface area (Å²) >= 11 is 1.20. The van der Waals surface area contributed by atoms with E-state index in [0.29, 0.717) is 21.3 Å². The normalized spacial score (nSPS) is 19.9. The number of nitrogens with one attached hydrogen (secondary N) is 2. The molecule has 1 fully saturated rings. The third kappa shape index (κ3) is 5.26. The van der Waals surface area contributed by atoms with Crippen molar-refractivity contribution in [3.05, 3.63) is 27.8 Å². The van der Waals surface area contributed by atoms with Crippen molar-refractivity contribution in [1.82, 2.24) is 30.2 Å². The Kier molecular flexibility index (Phi) is 6.64. The maximum atomic E-state index is 12.9. The number of carbonyl (C=O) groups is 2. The average Bonchev–Trinajstić information content (AvgIpc) is 3.42. The average molecular weight is 545 g/mol. The van der Waals surface area contributed by atoms with E-state index in [4.69, 9.17) is 9.29 Å². The summed E-state index contributed by atoms with van der Waals surface area (Å²) in [6.45, 7) is 5.16. The molecule has 2 atom stereocenters. The molecule has 3 amide bonds. The van der Waals surface area contributed by atoms with Crippen LogP contribution in [0.3, 0.4) is 0 Å². The Morgan fingerprint density at radius 2 is 2.11 bits per heavy atom. The summed E-state index contributed by atoms with van der Waals surface area (Å²) in [5.74, 6) is 0.220. The first-order valence-electron chi connectivity index (χ1n) is 10.4. The molecule has 1 saturated heterocycles. The van der Waals surface area contributed by atoms with Crippen LogP contribution in [0.5, 0.6) is 0 Å². The number of aliphatic imine (C=N–C) groups is 1. The first kappa shape index (κ1) is 25.8. The molecule has 16 nitrogen and oxygen atoms in total. The van der Waals surface area contributed by atoms with Crippen molar-refractivity contribution in [3.63, 3.8) is 0 Å². The summed E-state index contributed by atoms with van der Waals surface area (Å²) in [7, 11) is -3.36. The minimum atomic E-state index is -4.97. The second-order valence-corrected chi connectivity index (χ2v) is 10.8. The van der Waals surface area contributed by atoms with Crippen molar-refractivity contribution in [1.29, 1.82) is 0 Å². The summed E-state index contributed by atoms with van der Waals surface area (Å²) in [6.07, 6.45) is 0.776. The maximum absolute atomic E-state index is 12.9. The zero-order valence-corrected chi connectivity index (χ0v) is 21.2. The Labute approximate surface area is 209 Å². The van der Waals surface area contributed by atoms with Crippen molar-refractivity contribution in [2.24, 2.45) is 12.0 Å². The third-order valence-corrected chi connectivity index (χ3v) is 6.33. The fourth-order valence-electron chi connectivity index (χ4n) is 3.89. The predicted molar refractivity (Wildman–Crippen MR) is 123 cm³/mol.